The number of anilines is 1. The van der Waals surface area contributed by atoms with Crippen LogP contribution in [0.25, 0.3) is 0 Å². The summed E-state index contributed by atoms with van der Waals surface area (Å²) < 4.78 is 0. The molecule has 1 saturated heterocycles. The van der Waals surface area contributed by atoms with Gasteiger partial charge in [0.05, 0.1) is 0 Å². The van der Waals surface area contributed by atoms with Crippen LogP contribution < -0.4 is 10.5 Å². The van der Waals surface area contributed by atoms with Gasteiger partial charge in [-0.1, -0.05) is 0 Å². The molecule has 0 radical (unpaired) electrons. The lowest BCUT2D eigenvalue weighted by Crippen LogP contribution is -2.35. The van der Waals surface area contributed by atoms with E-state index in [1.807, 2.05) is 0 Å². The number of rotatable bonds is 4. The highest BCUT2D eigenvalue weighted by Gasteiger charge is 2.28. The van der Waals surface area contributed by atoms with Crippen LogP contribution in [0.1, 0.15) is 43.8 Å². The summed E-state index contributed by atoms with van der Waals surface area (Å²) in [5.74, 6) is 1.49. The predicted octanol–water partition coefficient (Wildman–Crippen LogP) is 1.34. The van der Waals surface area contributed by atoms with E-state index in [9.17, 15) is 9.59 Å². The Hall–Kier alpha value is -1.85. The van der Waals surface area contributed by atoms with E-state index in [0.29, 0.717) is 5.92 Å². The molecule has 2 fully saturated rings. The molecule has 2 heterocycles. The first kappa shape index (κ1) is 13.1. The minimum Gasteiger partial charge on any atom is -0.481 e. The molecule has 20 heavy (non-hydrogen) atoms. The van der Waals surface area contributed by atoms with Crippen LogP contribution in [0.5, 0.6) is 0 Å². The zero-order valence-electron chi connectivity index (χ0n) is 11.3. The molecule has 0 bridgehead atoms. The average molecular weight is 277 g/mol. The predicted molar refractivity (Wildman–Crippen MR) is 74.0 cm³/mol. The Balaban J connectivity index is 1.68. The summed E-state index contributed by atoms with van der Waals surface area (Å²) in [5, 5.41) is 8.82. The summed E-state index contributed by atoms with van der Waals surface area (Å²) in [5.41, 5.74) is -0.0930. The third kappa shape index (κ3) is 3.00. The molecule has 0 spiro atoms. The number of hydrogen-bond acceptors (Lipinski definition) is 4. The maximum absolute atomic E-state index is 11.7. The van der Waals surface area contributed by atoms with E-state index in [-0.39, 0.29) is 17.9 Å². The summed E-state index contributed by atoms with van der Waals surface area (Å²) in [6.45, 7) is 1.55. The molecule has 1 aliphatic heterocycles. The zero-order chi connectivity index (χ0) is 14.1. The number of aromatic amines is 1. The second kappa shape index (κ2) is 5.26. The molecule has 2 N–H and O–H groups in total. The second-order valence-corrected chi connectivity index (χ2v) is 5.79. The molecular formula is C14H19N3O3. The van der Waals surface area contributed by atoms with Gasteiger partial charge in [0.15, 0.2) is 0 Å². The van der Waals surface area contributed by atoms with Gasteiger partial charge in [0.1, 0.15) is 11.6 Å². The molecule has 0 unspecified atom stereocenters. The van der Waals surface area contributed by atoms with Gasteiger partial charge < -0.3 is 15.0 Å². The van der Waals surface area contributed by atoms with Crippen molar-refractivity contribution < 1.29 is 9.90 Å². The Kier molecular flexibility index (Phi) is 3.46. The molecule has 1 aromatic heterocycles. The number of H-pyrrole nitrogens is 1. The third-order valence-corrected chi connectivity index (χ3v) is 4.11. The highest BCUT2D eigenvalue weighted by atomic mass is 16.4. The van der Waals surface area contributed by atoms with Gasteiger partial charge >= 0.3 is 5.97 Å². The number of carbonyl (C=O) groups is 1. The van der Waals surface area contributed by atoms with Gasteiger partial charge in [-0.05, 0) is 31.6 Å². The Morgan fingerprint density at radius 1 is 1.35 bits per heavy atom. The van der Waals surface area contributed by atoms with E-state index >= 15 is 0 Å². The van der Waals surface area contributed by atoms with Crippen molar-refractivity contribution in [3.8, 4) is 0 Å². The van der Waals surface area contributed by atoms with Gasteiger partial charge in [-0.15, -0.1) is 0 Å². The minimum absolute atomic E-state index is 0.0930. The number of hydrogen-bond donors (Lipinski definition) is 2. The highest BCUT2D eigenvalue weighted by molar-refractivity contribution is 5.67. The number of aliphatic carboxylic acids is 1. The van der Waals surface area contributed by atoms with Crippen LogP contribution in [0.2, 0.25) is 0 Å². The van der Waals surface area contributed by atoms with Crippen LogP contribution in [-0.2, 0) is 4.79 Å². The van der Waals surface area contributed by atoms with E-state index in [1.165, 1.54) is 0 Å². The molecule has 0 amide bonds. The lowest BCUT2D eigenvalue weighted by molar-refractivity contribution is -0.138. The average Bonchev–Trinajstić information content (AvgIpc) is 3.22. The molecule has 6 nitrogen and oxygen atoms in total. The molecule has 1 aromatic rings. The fraction of sp³-hybridized carbons (Fsp3) is 0.643. The Morgan fingerprint density at radius 3 is 2.65 bits per heavy atom. The van der Waals surface area contributed by atoms with Gasteiger partial charge in [-0.2, -0.15) is 0 Å². The van der Waals surface area contributed by atoms with E-state index in [1.54, 1.807) is 6.07 Å². The minimum atomic E-state index is -0.728. The summed E-state index contributed by atoms with van der Waals surface area (Å²) in [7, 11) is 0. The van der Waals surface area contributed by atoms with E-state index in [2.05, 4.69) is 14.9 Å². The van der Waals surface area contributed by atoms with Crippen LogP contribution in [0.4, 0.5) is 5.82 Å². The maximum atomic E-state index is 11.7. The summed E-state index contributed by atoms with van der Waals surface area (Å²) in [4.78, 5) is 31.9. The first-order valence-electron chi connectivity index (χ1n) is 7.20. The zero-order valence-corrected chi connectivity index (χ0v) is 11.3. The van der Waals surface area contributed by atoms with E-state index < -0.39 is 5.97 Å². The standard InChI is InChI=1S/C14H19N3O3/c18-12-8-11(15-14(16-12)10-1-2-10)17-5-3-9(4-6-17)7-13(19)20/h8-10H,1-7H2,(H,19,20)(H,15,16,18). The van der Waals surface area contributed by atoms with Crippen LogP contribution >= 0.6 is 0 Å². The van der Waals surface area contributed by atoms with Crippen molar-refractivity contribution in [2.75, 3.05) is 18.0 Å². The van der Waals surface area contributed by atoms with Crippen molar-refractivity contribution >= 4 is 11.8 Å². The third-order valence-electron chi connectivity index (χ3n) is 4.11. The lowest BCUT2D eigenvalue weighted by atomic mass is 9.94. The lowest BCUT2D eigenvalue weighted by Gasteiger charge is -2.32. The van der Waals surface area contributed by atoms with Crippen LogP contribution in [0.3, 0.4) is 0 Å². The Labute approximate surface area is 116 Å². The normalized spacial score (nSPS) is 20.1. The number of carboxylic acids is 1. The molecule has 1 saturated carbocycles. The summed E-state index contributed by atoms with van der Waals surface area (Å²) >= 11 is 0. The van der Waals surface area contributed by atoms with Crippen molar-refractivity contribution in [2.24, 2.45) is 5.92 Å². The smallest absolute Gasteiger partial charge is 0.303 e. The molecule has 3 rings (SSSR count). The van der Waals surface area contributed by atoms with Gasteiger partial charge in [0, 0.05) is 31.5 Å². The largest absolute Gasteiger partial charge is 0.481 e. The quantitative estimate of drug-likeness (QED) is 0.867. The van der Waals surface area contributed by atoms with Crippen LogP contribution in [0.15, 0.2) is 10.9 Å². The van der Waals surface area contributed by atoms with Crippen LogP contribution in [-0.4, -0.2) is 34.1 Å². The maximum Gasteiger partial charge on any atom is 0.303 e. The fourth-order valence-corrected chi connectivity index (χ4v) is 2.79. The Bertz CT molecular complexity index is 557. The molecule has 1 aliphatic carbocycles. The first-order valence-corrected chi connectivity index (χ1v) is 7.20. The highest BCUT2D eigenvalue weighted by Crippen LogP contribution is 2.38. The number of nitrogens with one attached hydrogen (secondary N) is 1. The van der Waals surface area contributed by atoms with Gasteiger partial charge in [-0.25, -0.2) is 4.98 Å². The monoisotopic (exact) mass is 277 g/mol. The van der Waals surface area contributed by atoms with Gasteiger partial charge in [0.2, 0.25) is 0 Å². The topological polar surface area (TPSA) is 86.3 Å². The molecule has 2 aliphatic rings. The van der Waals surface area contributed by atoms with Crippen molar-refractivity contribution in [1.29, 1.82) is 0 Å². The summed E-state index contributed by atoms with van der Waals surface area (Å²) in [6.07, 6.45) is 4.14. The van der Waals surface area contributed by atoms with Crippen molar-refractivity contribution in [3.05, 3.63) is 22.2 Å². The van der Waals surface area contributed by atoms with Crippen LogP contribution in [0, 0.1) is 5.92 Å². The van der Waals surface area contributed by atoms with E-state index in [0.717, 1.165) is 50.4 Å². The number of nitrogens with zero attached hydrogens (tertiary/aromatic N) is 2. The summed E-state index contributed by atoms with van der Waals surface area (Å²) in [6, 6.07) is 1.55. The van der Waals surface area contributed by atoms with E-state index in [4.69, 9.17) is 5.11 Å². The number of aromatic nitrogens is 2. The molecule has 0 atom stereocenters. The molecular weight excluding hydrogens is 258 g/mol. The Morgan fingerprint density at radius 2 is 2.05 bits per heavy atom. The molecule has 6 heteroatoms. The van der Waals surface area contributed by atoms with Crippen molar-refractivity contribution in [3.63, 3.8) is 0 Å². The fourth-order valence-electron chi connectivity index (χ4n) is 2.79. The molecule has 0 aromatic carbocycles. The SMILES string of the molecule is O=C(O)CC1CCN(c2cc(=O)[nH]c(C3CC3)n2)CC1. The molecule has 108 valence electrons. The van der Waals surface area contributed by atoms with Crippen molar-refractivity contribution in [2.45, 2.75) is 38.0 Å². The second-order valence-electron chi connectivity index (χ2n) is 5.79. The van der Waals surface area contributed by atoms with Gasteiger partial charge in [-0.3, -0.25) is 9.59 Å². The number of piperidine rings is 1. The van der Waals surface area contributed by atoms with Crippen molar-refractivity contribution in [1.82, 2.24) is 9.97 Å². The van der Waals surface area contributed by atoms with Gasteiger partial charge in [0.25, 0.3) is 5.56 Å². The number of carboxylic acid groups (broad SMARTS) is 1. The first-order chi connectivity index (χ1) is 9.61.